The Kier molecular flexibility index (Phi) is 10.2. The van der Waals surface area contributed by atoms with Crippen molar-refractivity contribution in [2.75, 3.05) is 25.2 Å². The van der Waals surface area contributed by atoms with Crippen LogP contribution in [0.25, 0.3) is 0 Å². The van der Waals surface area contributed by atoms with Gasteiger partial charge in [-0.1, -0.05) is 28.1 Å². The summed E-state index contributed by atoms with van der Waals surface area (Å²) >= 11 is 2.94. The Hall–Kier alpha value is -1.58. The zero-order valence-corrected chi connectivity index (χ0v) is 19.5. The normalized spacial score (nSPS) is 16.4. The fraction of sp³-hybridized carbons (Fsp3) is 0.600. The van der Waals surface area contributed by atoms with Gasteiger partial charge in [0.05, 0.1) is 24.4 Å². The average molecular weight is 473 g/mol. The molecule has 7 nitrogen and oxygen atoms in total. The van der Waals surface area contributed by atoms with Crippen LogP contribution in [0.2, 0.25) is 0 Å². The number of benzene rings is 1. The van der Waals surface area contributed by atoms with E-state index in [1.165, 1.54) is 0 Å². The van der Waals surface area contributed by atoms with Crippen molar-refractivity contribution in [2.45, 2.75) is 52.7 Å². The molecule has 0 atom stereocenters. The first-order chi connectivity index (χ1) is 13.6. The number of halogens is 1. The Bertz CT molecular complexity index is 645. The number of carbonyl (C=O) groups is 2. The number of carbonyl (C=O) groups excluding carboxylic acids is 2. The second-order valence-electron chi connectivity index (χ2n) is 7.19. The molecule has 0 unspecified atom stereocenters. The van der Waals surface area contributed by atoms with E-state index in [1.807, 2.05) is 39.8 Å². The van der Waals surface area contributed by atoms with E-state index in [9.17, 15) is 9.59 Å². The van der Waals surface area contributed by atoms with Crippen LogP contribution in [-0.4, -0.2) is 55.4 Å². The Morgan fingerprint density at radius 3 is 1.83 bits per heavy atom. The molecule has 1 saturated heterocycles. The van der Waals surface area contributed by atoms with Gasteiger partial charge in [0.2, 0.25) is 0 Å². The summed E-state index contributed by atoms with van der Waals surface area (Å²) in [6.07, 6.45) is 0. The number of hydrogen-bond acceptors (Lipinski definition) is 7. The van der Waals surface area contributed by atoms with Crippen LogP contribution >= 0.6 is 15.9 Å². The summed E-state index contributed by atoms with van der Waals surface area (Å²) in [5.74, 6) is 0.0216. The van der Waals surface area contributed by atoms with Crippen molar-refractivity contribution in [1.29, 1.82) is 0 Å². The number of rotatable bonds is 7. The third-order valence-corrected chi connectivity index (χ3v) is 4.94. The highest BCUT2D eigenvalue weighted by atomic mass is 79.9. The Morgan fingerprint density at radius 1 is 0.931 bits per heavy atom. The van der Waals surface area contributed by atoms with Crippen molar-refractivity contribution in [1.82, 2.24) is 0 Å². The van der Waals surface area contributed by atoms with Crippen molar-refractivity contribution in [2.24, 2.45) is 0 Å². The molecule has 1 aliphatic rings. The molecule has 0 saturated carbocycles. The van der Waals surface area contributed by atoms with Gasteiger partial charge in [-0.15, -0.1) is 0 Å². The molecule has 2 rings (SSSR count). The van der Waals surface area contributed by atoms with Crippen LogP contribution in [0.3, 0.4) is 0 Å². The SMILES string of the molecule is CCOC(=O)CBr.CCOC(=O)COc1ccc(B2OC(C)(C)C(C)(C)O2)cc1. The number of hydrogen-bond donors (Lipinski definition) is 0. The first-order valence-electron chi connectivity index (χ1n) is 9.51. The zero-order valence-electron chi connectivity index (χ0n) is 18.0. The minimum atomic E-state index is -0.399. The quantitative estimate of drug-likeness (QED) is 0.343. The minimum absolute atomic E-state index is 0.0936. The van der Waals surface area contributed by atoms with Crippen molar-refractivity contribution in [3.8, 4) is 5.75 Å². The van der Waals surface area contributed by atoms with Crippen LogP contribution in [0.5, 0.6) is 5.75 Å². The summed E-state index contributed by atoms with van der Waals surface area (Å²) in [5, 5.41) is 0.292. The van der Waals surface area contributed by atoms with E-state index in [2.05, 4.69) is 20.7 Å². The van der Waals surface area contributed by atoms with Gasteiger partial charge >= 0.3 is 19.1 Å². The Morgan fingerprint density at radius 2 is 1.41 bits per heavy atom. The second kappa shape index (κ2) is 11.6. The maximum atomic E-state index is 11.2. The third-order valence-electron chi connectivity index (χ3n) is 4.48. The van der Waals surface area contributed by atoms with Crippen molar-refractivity contribution >= 4 is 40.4 Å². The predicted octanol–water partition coefficient (Wildman–Crippen LogP) is 2.87. The topological polar surface area (TPSA) is 80.3 Å². The van der Waals surface area contributed by atoms with Crippen molar-refractivity contribution in [3.63, 3.8) is 0 Å². The van der Waals surface area contributed by atoms with Gasteiger partial charge < -0.3 is 23.5 Å². The molecule has 9 heteroatoms. The summed E-state index contributed by atoms with van der Waals surface area (Å²) in [6, 6.07) is 7.34. The van der Waals surface area contributed by atoms with E-state index < -0.39 is 7.12 Å². The van der Waals surface area contributed by atoms with E-state index >= 15 is 0 Å². The lowest BCUT2D eigenvalue weighted by Gasteiger charge is -2.32. The maximum absolute atomic E-state index is 11.2. The second-order valence-corrected chi connectivity index (χ2v) is 7.75. The Balaban J connectivity index is 0.000000516. The van der Waals surface area contributed by atoms with Crippen LogP contribution in [0.4, 0.5) is 0 Å². The van der Waals surface area contributed by atoms with Gasteiger partial charge in [0.15, 0.2) is 6.61 Å². The minimum Gasteiger partial charge on any atom is -0.482 e. The molecule has 0 amide bonds. The monoisotopic (exact) mass is 472 g/mol. The highest BCUT2D eigenvalue weighted by molar-refractivity contribution is 9.09. The highest BCUT2D eigenvalue weighted by Crippen LogP contribution is 2.36. The summed E-state index contributed by atoms with van der Waals surface area (Å²) in [6.45, 7) is 12.3. The van der Waals surface area contributed by atoms with Crippen LogP contribution < -0.4 is 10.2 Å². The molecule has 0 aromatic heterocycles. The smallest absolute Gasteiger partial charge is 0.482 e. The summed E-state index contributed by atoms with van der Waals surface area (Å²) < 4.78 is 26.6. The molecule has 1 aromatic rings. The van der Waals surface area contributed by atoms with E-state index in [-0.39, 0.29) is 29.7 Å². The molecule has 1 fully saturated rings. The van der Waals surface area contributed by atoms with Gasteiger partial charge in [-0.05, 0) is 59.1 Å². The van der Waals surface area contributed by atoms with Crippen LogP contribution in [0.15, 0.2) is 24.3 Å². The van der Waals surface area contributed by atoms with Crippen LogP contribution in [0, 0.1) is 0 Å². The highest BCUT2D eigenvalue weighted by Gasteiger charge is 2.51. The van der Waals surface area contributed by atoms with Crippen LogP contribution in [0.1, 0.15) is 41.5 Å². The molecule has 1 heterocycles. The predicted molar refractivity (Wildman–Crippen MR) is 115 cm³/mol. The molecule has 0 spiro atoms. The van der Waals surface area contributed by atoms with E-state index in [0.717, 1.165) is 5.46 Å². The maximum Gasteiger partial charge on any atom is 0.494 e. The first kappa shape index (κ1) is 25.5. The molecule has 0 radical (unpaired) electrons. The Labute approximate surface area is 181 Å². The standard InChI is InChI=1S/C16H23BO5.C4H7BrO2/c1-6-19-14(18)11-20-13-9-7-12(8-10-13)17-21-15(2,3)16(4,5)22-17;1-2-7-4(6)3-5/h7-10H,6,11H2,1-5H3;2-3H2,1H3. The van der Waals surface area contributed by atoms with Gasteiger partial charge in [-0.2, -0.15) is 0 Å². The van der Waals surface area contributed by atoms with Gasteiger partial charge in [0, 0.05) is 0 Å². The summed E-state index contributed by atoms with van der Waals surface area (Å²) in [7, 11) is -0.399. The lowest BCUT2D eigenvalue weighted by Crippen LogP contribution is -2.41. The molecule has 0 bridgehead atoms. The van der Waals surface area contributed by atoms with Crippen molar-refractivity contribution < 1.29 is 33.1 Å². The molecule has 0 N–H and O–H groups in total. The zero-order chi connectivity index (χ0) is 22.1. The average Bonchev–Trinajstić information content (AvgIpc) is 2.89. The first-order valence-corrected chi connectivity index (χ1v) is 10.6. The molecule has 1 aliphatic heterocycles. The fourth-order valence-corrected chi connectivity index (χ4v) is 2.41. The third kappa shape index (κ3) is 7.99. The molecular weight excluding hydrogens is 443 g/mol. The summed E-state index contributed by atoms with van der Waals surface area (Å²) in [4.78, 5) is 21.4. The van der Waals surface area contributed by atoms with Crippen LogP contribution in [-0.2, 0) is 28.4 Å². The van der Waals surface area contributed by atoms with E-state index in [1.54, 1.807) is 26.0 Å². The fourth-order valence-electron chi connectivity index (χ4n) is 2.24. The van der Waals surface area contributed by atoms with Gasteiger partial charge in [0.1, 0.15) is 11.1 Å². The molecule has 0 aliphatic carbocycles. The number of alkyl halides is 1. The van der Waals surface area contributed by atoms with E-state index in [0.29, 0.717) is 24.3 Å². The molecular formula is C20H30BBrO7. The summed E-state index contributed by atoms with van der Waals surface area (Å²) in [5.41, 5.74) is 0.190. The van der Waals surface area contributed by atoms with Gasteiger partial charge in [-0.25, -0.2) is 4.79 Å². The van der Waals surface area contributed by atoms with Gasteiger partial charge in [0.25, 0.3) is 0 Å². The molecule has 162 valence electrons. The largest absolute Gasteiger partial charge is 0.494 e. The van der Waals surface area contributed by atoms with E-state index in [4.69, 9.17) is 18.8 Å². The lowest BCUT2D eigenvalue weighted by atomic mass is 9.79. The number of ether oxygens (including phenoxy) is 3. The van der Waals surface area contributed by atoms with Crippen molar-refractivity contribution in [3.05, 3.63) is 24.3 Å². The van der Waals surface area contributed by atoms with Gasteiger partial charge in [-0.3, -0.25) is 4.79 Å². The molecule has 29 heavy (non-hydrogen) atoms. The lowest BCUT2D eigenvalue weighted by molar-refractivity contribution is -0.145. The molecule has 1 aromatic carbocycles. The number of esters is 2.